The first-order valence-electron chi connectivity index (χ1n) is 9.53. The van der Waals surface area contributed by atoms with Crippen LogP contribution in [0.5, 0.6) is 0 Å². The van der Waals surface area contributed by atoms with Gasteiger partial charge in [-0.3, -0.25) is 9.78 Å². The lowest BCUT2D eigenvalue weighted by atomic mass is 10.2. The Bertz CT molecular complexity index is 809. The lowest BCUT2D eigenvalue weighted by Gasteiger charge is -2.25. The summed E-state index contributed by atoms with van der Waals surface area (Å²) in [5.41, 5.74) is 2.49. The summed E-state index contributed by atoms with van der Waals surface area (Å²) < 4.78 is 0. The van der Waals surface area contributed by atoms with Gasteiger partial charge in [0.05, 0.1) is 0 Å². The normalized spacial score (nSPS) is 13.8. The van der Waals surface area contributed by atoms with Crippen LogP contribution in [0.3, 0.4) is 0 Å². The maximum absolute atomic E-state index is 12.9. The summed E-state index contributed by atoms with van der Waals surface area (Å²) in [6.45, 7) is 2.57. The predicted octanol–water partition coefficient (Wildman–Crippen LogP) is 2.80. The first-order chi connectivity index (χ1) is 13.5. The molecule has 1 aromatic heterocycles. The minimum atomic E-state index is -0.171. The number of hydrogen-bond acceptors (Lipinski definition) is 4. The summed E-state index contributed by atoms with van der Waals surface area (Å²) in [4.78, 5) is 34.6. The average Bonchev–Trinajstić information content (AvgIpc) is 3.12. The quantitative estimate of drug-likeness (QED) is 0.801. The Morgan fingerprint density at radius 1 is 1.21 bits per heavy atom. The number of nitrogens with zero attached hydrogens (tertiary/aromatic N) is 4. The molecule has 148 valence electrons. The topological polar surface area (TPSA) is 68.8 Å². The molecule has 0 spiro atoms. The van der Waals surface area contributed by atoms with Crippen molar-refractivity contribution in [2.24, 2.45) is 0 Å². The second-order valence-electron chi connectivity index (χ2n) is 7.22. The number of likely N-dealkylation sites (N-methyl/N-ethyl adjacent to an activating group) is 1. The summed E-state index contributed by atoms with van der Waals surface area (Å²) in [5.74, 6) is 0.132. The van der Waals surface area contributed by atoms with E-state index in [-0.39, 0.29) is 11.9 Å². The number of urea groups is 1. The van der Waals surface area contributed by atoms with Crippen LogP contribution in [-0.2, 0) is 11.3 Å². The van der Waals surface area contributed by atoms with E-state index >= 15 is 0 Å². The second kappa shape index (κ2) is 9.32. The van der Waals surface area contributed by atoms with Gasteiger partial charge in [-0.25, -0.2) is 4.79 Å². The maximum atomic E-state index is 12.9. The molecule has 1 N–H and O–H groups in total. The molecule has 1 aliphatic rings. The second-order valence-corrected chi connectivity index (χ2v) is 7.22. The standard InChI is InChI=1S/C21H27N5O2/c1-24(2)12-13-25(16-17-6-4-10-22-15-17)21(28)23-18-7-3-8-19(14-18)26-11-5-9-20(26)27/h3-4,6-8,10,14-15H,5,9,11-13,16H2,1-2H3,(H,23,28). The molecule has 0 aliphatic carbocycles. The highest BCUT2D eigenvalue weighted by Crippen LogP contribution is 2.24. The van der Waals surface area contributed by atoms with Gasteiger partial charge in [0.25, 0.3) is 0 Å². The van der Waals surface area contributed by atoms with E-state index in [2.05, 4.69) is 10.3 Å². The molecule has 0 bridgehead atoms. The van der Waals surface area contributed by atoms with Crippen LogP contribution >= 0.6 is 0 Å². The van der Waals surface area contributed by atoms with Gasteiger partial charge in [-0.15, -0.1) is 0 Å². The van der Waals surface area contributed by atoms with E-state index in [4.69, 9.17) is 0 Å². The zero-order valence-electron chi connectivity index (χ0n) is 16.5. The summed E-state index contributed by atoms with van der Waals surface area (Å²) in [5, 5.41) is 2.97. The van der Waals surface area contributed by atoms with E-state index in [1.165, 1.54) is 0 Å². The van der Waals surface area contributed by atoms with Gasteiger partial charge in [-0.2, -0.15) is 0 Å². The van der Waals surface area contributed by atoms with E-state index < -0.39 is 0 Å². The van der Waals surface area contributed by atoms with Gasteiger partial charge in [0.1, 0.15) is 0 Å². The zero-order chi connectivity index (χ0) is 19.9. The van der Waals surface area contributed by atoms with Crippen LogP contribution in [0.1, 0.15) is 18.4 Å². The van der Waals surface area contributed by atoms with Crippen LogP contribution in [0.4, 0.5) is 16.2 Å². The van der Waals surface area contributed by atoms with Gasteiger partial charge in [-0.1, -0.05) is 12.1 Å². The molecule has 7 heteroatoms. The zero-order valence-corrected chi connectivity index (χ0v) is 16.5. The van der Waals surface area contributed by atoms with Gasteiger partial charge in [0.2, 0.25) is 5.91 Å². The van der Waals surface area contributed by atoms with Gasteiger partial charge < -0.3 is 20.0 Å². The van der Waals surface area contributed by atoms with Gasteiger partial charge >= 0.3 is 6.03 Å². The van der Waals surface area contributed by atoms with E-state index in [9.17, 15) is 9.59 Å². The number of carbonyl (C=O) groups excluding carboxylic acids is 2. The third-order valence-electron chi connectivity index (χ3n) is 4.68. The molecule has 1 aromatic carbocycles. The molecule has 3 rings (SSSR count). The molecule has 3 amide bonds. The SMILES string of the molecule is CN(C)CCN(Cc1cccnc1)C(=O)Nc1cccc(N2CCCC2=O)c1. The van der Waals surface area contributed by atoms with E-state index in [0.717, 1.165) is 30.8 Å². The summed E-state index contributed by atoms with van der Waals surface area (Å²) >= 11 is 0. The van der Waals surface area contributed by atoms with E-state index in [1.807, 2.05) is 55.4 Å². The highest BCUT2D eigenvalue weighted by atomic mass is 16.2. The van der Waals surface area contributed by atoms with Crippen molar-refractivity contribution in [3.05, 3.63) is 54.4 Å². The molecule has 7 nitrogen and oxygen atoms in total. The predicted molar refractivity (Wildman–Crippen MR) is 110 cm³/mol. The fraction of sp³-hybridized carbons (Fsp3) is 0.381. The Hall–Kier alpha value is -2.93. The van der Waals surface area contributed by atoms with Crippen molar-refractivity contribution in [2.75, 3.05) is 43.9 Å². The number of pyridine rings is 1. The van der Waals surface area contributed by atoms with Crippen molar-refractivity contribution in [1.82, 2.24) is 14.8 Å². The minimum absolute atomic E-state index is 0.132. The Labute approximate surface area is 166 Å². The number of nitrogens with one attached hydrogen (secondary N) is 1. The Kier molecular flexibility index (Phi) is 6.60. The number of carbonyl (C=O) groups is 2. The molecule has 2 heterocycles. The fourth-order valence-corrected chi connectivity index (χ4v) is 3.16. The van der Waals surface area contributed by atoms with Crippen molar-refractivity contribution < 1.29 is 9.59 Å². The van der Waals surface area contributed by atoms with Crippen LogP contribution < -0.4 is 10.2 Å². The first kappa shape index (κ1) is 19.8. The molecular formula is C21H27N5O2. The monoisotopic (exact) mass is 381 g/mol. The third-order valence-corrected chi connectivity index (χ3v) is 4.68. The van der Waals surface area contributed by atoms with Gasteiger partial charge in [0, 0.05) is 56.4 Å². The molecule has 0 atom stereocenters. The van der Waals surface area contributed by atoms with Crippen molar-refractivity contribution >= 4 is 23.3 Å². The van der Waals surface area contributed by atoms with Crippen molar-refractivity contribution in [3.63, 3.8) is 0 Å². The smallest absolute Gasteiger partial charge is 0.319 e. The molecule has 1 aliphatic heterocycles. The Morgan fingerprint density at radius 2 is 2.07 bits per heavy atom. The molecule has 28 heavy (non-hydrogen) atoms. The minimum Gasteiger partial charge on any atom is -0.319 e. The number of anilines is 2. The van der Waals surface area contributed by atoms with Crippen LogP contribution in [0.2, 0.25) is 0 Å². The van der Waals surface area contributed by atoms with Crippen LogP contribution in [0.25, 0.3) is 0 Å². The highest BCUT2D eigenvalue weighted by Gasteiger charge is 2.22. The van der Waals surface area contributed by atoms with Gasteiger partial charge in [-0.05, 0) is 50.3 Å². The molecule has 1 saturated heterocycles. The number of hydrogen-bond donors (Lipinski definition) is 1. The van der Waals surface area contributed by atoms with Crippen molar-refractivity contribution in [2.45, 2.75) is 19.4 Å². The summed E-state index contributed by atoms with van der Waals surface area (Å²) in [6.07, 6.45) is 4.95. The van der Waals surface area contributed by atoms with Crippen LogP contribution in [0, 0.1) is 0 Å². The summed E-state index contributed by atoms with van der Waals surface area (Å²) in [7, 11) is 3.97. The number of benzene rings is 1. The van der Waals surface area contributed by atoms with Crippen molar-refractivity contribution in [3.8, 4) is 0 Å². The Morgan fingerprint density at radius 3 is 2.75 bits per heavy atom. The average molecular weight is 381 g/mol. The number of amides is 3. The summed E-state index contributed by atoms with van der Waals surface area (Å²) in [6, 6.07) is 11.1. The third kappa shape index (κ3) is 5.29. The number of rotatable bonds is 7. The molecule has 0 saturated carbocycles. The van der Waals surface area contributed by atoms with Crippen LogP contribution in [0.15, 0.2) is 48.8 Å². The first-order valence-corrected chi connectivity index (χ1v) is 9.53. The molecule has 0 radical (unpaired) electrons. The van der Waals surface area contributed by atoms with E-state index in [1.54, 1.807) is 22.2 Å². The lowest BCUT2D eigenvalue weighted by Crippen LogP contribution is -2.39. The fourth-order valence-electron chi connectivity index (χ4n) is 3.16. The van der Waals surface area contributed by atoms with E-state index in [0.29, 0.717) is 25.2 Å². The largest absolute Gasteiger partial charge is 0.322 e. The lowest BCUT2D eigenvalue weighted by molar-refractivity contribution is -0.117. The van der Waals surface area contributed by atoms with Gasteiger partial charge in [0.15, 0.2) is 0 Å². The molecule has 1 fully saturated rings. The maximum Gasteiger partial charge on any atom is 0.322 e. The Balaban J connectivity index is 1.71. The number of aromatic nitrogens is 1. The van der Waals surface area contributed by atoms with Crippen molar-refractivity contribution in [1.29, 1.82) is 0 Å². The van der Waals surface area contributed by atoms with Crippen LogP contribution in [-0.4, -0.2) is 60.5 Å². The highest BCUT2D eigenvalue weighted by molar-refractivity contribution is 5.96. The molecular weight excluding hydrogens is 354 g/mol. The molecule has 0 unspecified atom stereocenters. The molecule has 2 aromatic rings.